The van der Waals surface area contributed by atoms with Crippen molar-refractivity contribution in [3.63, 3.8) is 0 Å². The molecule has 0 bridgehead atoms. The maximum Gasteiger partial charge on any atom is -0.0242 e. The van der Waals surface area contributed by atoms with E-state index < -0.39 is 0 Å². The van der Waals surface area contributed by atoms with Gasteiger partial charge in [-0.25, -0.2) is 0 Å². The van der Waals surface area contributed by atoms with Gasteiger partial charge in [0.15, 0.2) is 0 Å². The van der Waals surface area contributed by atoms with Gasteiger partial charge in [-0.3, -0.25) is 0 Å². The largest absolute Gasteiger partial charge is 0.100 e. The van der Waals surface area contributed by atoms with Crippen LogP contribution in [0.15, 0.2) is 30.4 Å². The normalized spacial score (nSPS) is 10.5. The minimum absolute atomic E-state index is 1.11. The average Bonchev–Trinajstić information content (AvgIpc) is 2.30. The Hall–Kier alpha value is -1.04. The lowest BCUT2D eigenvalue weighted by molar-refractivity contribution is 0.852. The predicted molar refractivity (Wildman–Crippen MR) is 77.6 cm³/mol. The van der Waals surface area contributed by atoms with Crippen LogP contribution in [0.25, 0.3) is 0 Å². The van der Waals surface area contributed by atoms with Gasteiger partial charge in [0.05, 0.1) is 0 Å². The molecule has 0 saturated heterocycles. The second-order valence-corrected chi connectivity index (χ2v) is 5.06. The molecule has 94 valence electrons. The Morgan fingerprint density at radius 1 is 1.00 bits per heavy atom. The fourth-order valence-electron chi connectivity index (χ4n) is 2.21. The highest BCUT2D eigenvalue weighted by Crippen LogP contribution is 2.18. The standard InChI is InChI=1S/C17H26/c1-5-7-16-12-11-15(10-9-14(3)4)13-17(16)8-6-2/h11-13H,3,5-10H2,1-2,4H3. The van der Waals surface area contributed by atoms with Gasteiger partial charge in [-0.2, -0.15) is 0 Å². The molecule has 0 unspecified atom stereocenters. The highest BCUT2D eigenvalue weighted by molar-refractivity contribution is 5.33. The van der Waals surface area contributed by atoms with E-state index in [1.165, 1.54) is 36.8 Å². The minimum atomic E-state index is 1.11. The maximum absolute atomic E-state index is 3.98. The van der Waals surface area contributed by atoms with Crippen molar-refractivity contribution in [1.29, 1.82) is 0 Å². The van der Waals surface area contributed by atoms with Crippen molar-refractivity contribution in [2.45, 2.75) is 59.3 Å². The SMILES string of the molecule is C=C(C)CCc1ccc(CCC)c(CCC)c1. The topological polar surface area (TPSA) is 0 Å². The summed E-state index contributed by atoms with van der Waals surface area (Å²) < 4.78 is 0. The Kier molecular flexibility index (Phi) is 6.04. The van der Waals surface area contributed by atoms with Gasteiger partial charge in [-0.15, -0.1) is 6.58 Å². The molecule has 17 heavy (non-hydrogen) atoms. The first-order valence-electron chi connectivity index (χ1n) is 6.92. The second-order valence-electron chi connectivity index (χ2n) is 5.06. The Labute approximate surface area is 107 Å². The molecule has 1 aromatic carbocycles. The minimum Gasteiger partial charge on any atom is -0.100 e. The average molecular weight is 230 g/mol. The van der Waals surface area contributed by atoms with Gasteiger partial charge in [0.1, 0.15) is 0 Å². The summed E-state index contributed by atoms with van der Waals surface area (Å²) >= 11 is 0. The fourth-order valence-corrected chi connectivity index (χ4v) is 2.21. The van der Waals surface area contributed by atoms with Crippen LogP contribution in [0.2, 0.25) is 0 Å². The fraction of sp³-hybridized carbons (Fsp3) is 0.529. The second kappa shape index (κ2) is 7.32. The van der Waals surface area contributed by atoms with E-state index in [0.29, 0.717) is 0 Å². The number of rotatable bonds is 7. The van der Waals surface area contributed by atoms with E-state index in [0.717, 1.165) is 12.8 Å². The van der Waals surface area contributed by atoms with Crippen molar-refractivity contribution in [2.75, 3.05) is 0 Å². The monoisotopic (exact) mass is 230 g/mol. The number of hydrogen-bond acceptors (Lipinski definition) is 0. The van der Waals surface area contributed by atoms with Crippen LogP contribution in [0.1, 0.15) is 56.7 Å². The number of benzene rings is 1. The van der Waals surface area contributed by atoms with Crippen LogP contribution in [-0.2, 0) is 19.3 Å². The number of allylic oxidation sites excluding steroid dienone is 1. The van der Waals surface area contributed by atoms with Crippen molar-refractivity contribution in [3.05, 3.63) is 47.0 Å². The summed E-state index contributed by atoms with van der Waals surface area (Å²) in [6.45, 7) is 10.6. The zero-order chi connectivity index (χ0) is 12.7. The van der Waals surface area contributed by atoms with Crippen molar-refractivity contribution in [3.8, 4) is 0 Å². The zero-order valence-corrected chi connectivity index (χ0v) is 11.7. The Morgan fingerprint density at radius 2 is 1.65 bits per heavy atom. The Morgan fingerprint density at radius 3 is 2.24 bits per heavy atom. The molecule has 0 fully saturated rings. The summed E-state index contributed by atoms with van der Waals surface area (Å²) in [5.74, 6) is 0. The molecule has 1 aromatic rings. The molecule has 0 saturated carbocycles. The van der Waals surface area contributed by atoms with Crippen molar-refractivity contribution < 1.29 is 0 Å². The first-order valence-corrected chi connectivity index (χ1v) is 6.92. The molecule has 0 spiro atoms. The van der Waals surface area contributed by atoms with Crippen molar-refractivity contribution in [2.24, 2.45) is 0 Å². The van der Waals surface area contributed by atoms with Gasteiger partial charge in [-0.1, -0.05) is 50.5 Å². The number of hydrogen-bond donors (Lipinski definition) is 0. The molecule has 0 heterocycles. The molecule has 0 radical (unpaired) electrons. The van der Waals surface area contributed by atoms with Gasteiger partial charge in [0.2, 0.25) is 0 Å². The third kappa shape index (κ3) is 4.77. The summed E-state index contributed by atoms with van der Waals surface area (Å²) in [6.07, 6.45) is 7.16. The molecule has 0 heteroatoms. The van der Waals surface area contributed by atoms with Crippen LogP contribution >= 0.6 is 0 Å². The highest BCUT2D eigenvalue weighted by Gasteiger charge is 2.03. The lowest BCUT2D eigenvalue weighted by Gasteiger charge is -2.11. The summed E-state index contributed by atoms with van der Waals surface area (Å²) in [7, 11) is 0. The van der Waals surface area contributed by atoms with Crippen molar-refractivity contribution in [1.82, 2.24) is 0 Å². The molecule has 0 amide bonds. The molecule has 0 aliphatic rings. The summed E-state index contributed by atoms with van der Waals surface area (Å²) in [4.78, 5) is 0. The number of aryl methyl sites for hydroxylation is 3. The van der Waals surface area contributed by atoms with E-state index >= 15 is 0 Å². The summed E-state index contributed by atoms with van der Waals surface area (Å²) in [6, 6.07) is 7.05. The highest BCUT2D eigenvalue weighted by atomic mass is 14.1. The lowest BCUT2D eigenvalue weighted by atomic mass is 9.95. The summed E-state index contributed by atoms with van der Waals surface area (Å²) in [5, 5.41) is 0. The van der Waals surface area contributed by atoms with E-state index in [4.69, 9.17) is 0 Å². The Balaban J connectivity index is 2.80. The van der Waals surface area contributed by atoms with E-state index in [9.17, 15) is 0 Å². The van der Waals surface area contributed by atoms with Gasteiger partial charge in [-0.05, 0) is 49.3 Å². The molecule has 0 aromatic heterocycles. The maximum atomic E-state index is 3.98. The van der Waals surface area contributed by atoms with E-state index in [1.807, 2.05) is 0 Å². The van der Waals surface area contributed by atoms with Gasteiger partial charge in [0, 0.05) is 0 Å². The van der Waals surface area contributed by atoms with Gasteiger partial charge in [0.25, 0.3) is 0 Å². The summed E-state index contributed by atoms with van der Waals surface area (Å²) in [5.41, 5.74) is 5.86. The first kappa shape index (κ1) is 14.0. The molecule has 0 nitrogen and oxygen atoms in total. The smallest absolute Gasteiger partial charge is 0.0242 e. The molecular weight excluding hydrogens is 204 g/mol. The third-order valence-electron chi connectivity index (χ3n) is 3.15. The van der Waals surface area contributed by atoms with E-state index in [1.54, 1.807) is 11.1 Å². The van der Waals surface area contributed by atoms with Crippen LogP contribution in [-0.4, -0.2) is 0 Å². The predicted octanol–water partition coefficient (Wildman–Crippen LogP) is 5.10. The lowest BCUT2D eigenvalue weighted by Crippen LogP contribution is -1.96. The zero-order valence-electron chi connectivity index (χ0n) is 11.7. The molecule has 0 aliphatic heterocycles. The molecular formula is C17H26. The van der Waals surface area contributed by atoms with Crippen LogP contribution in [0, 0.1) is 0 Å². The van der Waals surface area contributed by atoms with Crippen LogP contribution < -0.4 is 0 Å². The molecule has 0 N–H and O–H groups in total. The van der Waals surface area contributed by atoms with E-state index in [-0.39, 0.29) is 0 Å². The van der Waals surface area contributed by atoms with Crippen LogP contribution in [0.4, 0.5) is 0 Å². The van der Waals surface area contributed by atoms with Gasteiger partial charge >= 0.3 is 0 Å². The quantitative estimate of drug-likeness (QED) is 0.572. The molecule has 0 aliphatic carbocycles. The van der Waals surface area contributed by atoms with E-state index in [2.05, 4.69) is 45.5 Å². The molecule has 1 rings (SSSR count). The first-order chi connectivity index (χ1) is 8.17. The van der Waals surface area contributed by atoms with Gasteiger partial charge < -0.3 is 0 Å². The van der Waals surface area contributed by atoms with Crippen molar-refractivity contribution >= 4 is 0 Å². The molecule has 0 atom stereocenters. The third-order valence-corrected chi connectivity index (χ3v) is 3.15. The van der Waals surface area contributed by atoms with Crippen LogP contribution in [0.5, 0.6) is 0 Å². The van der Waals surface area contributed by atoms with Crippen LogP contribution in [0.3, 0.4) is 0 Å². The Bertz CT molecular complexity index is 360.